The molecule has 1 aromatic heterocycles. The molecule has 136 valence electrons. The number of benzene rings is 2. The maximum absolute atomic E-state index is 12.7. The van der Waals surface area contributed by atoms with Crippen LogP contribution in [0.2, 0.25) is 5.02 Å². The first-order valence-electron chi connectivity index (χ1n) is 7.90. The highest BCUT2D eigenvalue weighted by Gasteiger charge is 2.16. The van der Waals surface area contributed by atoms with Crippen molar-refractivity contribution in [1.29, 1.82) is 0 Å². The molecular weight excluding hydrogens is 432 g/mol. The van der Waals surface area contributed by atoms with Gasteiger partial charge in [0.05, 0.1) is 6.26 Å². The van der Waals surface area contributed by atoms with Crippen LogP contribution >= 0.6 is 27.5 Å². The summed E-state index contributed by atoms with van der Waals surface area (Å²) in [5.41, 5.74) is 1.37. The van der Waals surface area contributed by atoms with E-state index < -0.39 is 11.8 Å². The van der Waals surface area contributed by atoms with Crippen LogP contribution in [0.3, 0.4) is 0 Å². The average molecular weight is 446 g/mol. The Bertz CT molecular complexity index is 983. The van der Waals surface area contributed by atoms with Crippen LogP contribution in [0.5, 0.6) is 0 Å². The largest absolute Gasteiger partial charge is 0.459 e. The molecule has 1 heterocycles. The van der Waals surface area contributed by atoms with E-state index in [0.29, 0.717) is 10.7 Å². The molecular formula is C20H14BrClN2O3. The van der Waals surface area contributed by atoms with Crippen molar-refractivity contribution >= 4 is 51.1 Å². The van der Waals surface area contributed by atoms with Gasteiger partial charge in [-0.05, 0) is 60.2 Å². The van der Waals surface area contributed by atoms with E-state index >= 15 is 0 Å². The van der Waals surface area contributed by atoms with Crippen molar-refractivity contribution < 1.29 is 14.0 Å². The van der Waals surface area contributed by atoms with Crippen LogP contribution in [0.1, 0.15) is 16.1 Å². The van der Waals surface area contributed by atoms with E-state index in [1.165, 1.54) is 12.3 Å². The standard InChI is InChI=1S/C20H14BrClN2O3/c21-14-4-1-3-13(11-14)12-17(24-20(26)18-5-2-10-27-18)19(25)23-16-8-6-15(22)7-9-16/h1-12H,(H,23,25)(H,24,26)/b17-12-. The molecule has 0 radical (unpaired) electrons. The van der Waals surface area contributed by atoms with Crippen molar-refractivity contribution in [3.63, 3.8) is 0 Å². The lowest BCUT2D eigenvalue weighted by molar-refractivity contribution is -0.113. The number of furan rings is 1. The maximum Gasteiger partial charge on any atom is 0.291 e. The Morgan fingerprint density at radius 2 is 1.81 bits per heavy atom. The number of hydrogen-bond acceptors (Lipinski definition) is 3. The van der Waals surface area contributed by atoms with Crippen molar-refractivity contribution in [2.45, 2.75) is 0 Å². The van der Waals surface area contributed by atoms with Gasteiger partial charge >= 0.3 is 0 Å². The fraction of sp³-hybridized carbons (Fsp3) is 0. The predicted molar refractivity (Wildman–Crippen MR) is 108 cm³/mol. The Balaban J connectivity index is 1.87. The minimum Gasteiger partial charge on any atom is -0.459 e. The van der Waals surface area contributed by atoms with Crippen molar-refractivity contribution in [1.82, 2.24) is 5.32 Å². The van der Waals surface area contributed by atoms with Crippen molar-refractivity contribution in [3.8, 4) is 0 Å². The Morgan fingerprint density at radius 3 is 2.48 bits per heavy atom. The molecule has 0 unspecified atom stereocenters. The number of nitrogens with one attached hydrogen (secondary N) is 2. The molecule has 27 heavy (non-hydrogen) atoms. The molecule has 0 spiro atoms. The molecule has 0 saturated carbocycles. The Hall–Kier alpha value is -2.83. The normalized spacial score (nSPS) is 11.1. The van der Waals surface area contributed by atoms with E-state index in [2.05, 4.69) is 26.6 Å². The Morgan fingerprint density at radius 1 is 1.04 bits per heavy atom. The summed E-state index contributed by atoms with van der Waals surface area (Å²) in [6.45, 7) is 0. The molecule has 0 bridgehead atoms. The molecule has 0 atom stereocenters. The fourth-order valence-electron chi connectivity index (χ4n) is 2.24. The number of rotatable bonds is 5. The Labute approximate surface area is 169 Å². The molecule has 0 fully saturated rings. The minimum absolute atomic E-state index is 0.0736. The lowest BCUT2D eigenvalue weighted by Crippen LogP contribution is -2.30. The summed E-state index contributed by atoms with van der Waals surface area (Å²) >= 11 is 9.25. The predicted octanol–water partition coefficient (Wildman–Crippen LogP) is 5.11. The molecule has 0 aliphatic heterocycles. The summed E-state index contributed by atoms with van der Waals surface area (Å²) in [6, 6.07) is 17.1. The fourth-order valence-corrected chi connectivity index (χ4v) is 2.79. The number of carbonyl (C=O) groups excluding carboxylic acids is 2. The Kier molecular flexibility index (Phi) is 6.11. The van der Waals surface area contributed by atoms with Gasteiger partial charge in [-0.1, -0.05) is 39.7 Å². The number of amides is 2. The van der Waals surface area contributed by atoms with Crippen LogP contribution in [0.4, 0.5) is 5.69 Å². The molecule has 0 aliphatic carbocycles. The number of anilines is 1. The van der Waals surface area contributed by atoms with Crippen LogP contribution in [0, 0.1) is 0 Å². The van der Waals surface area contributed by atoms with Gasteiger partial charge in [-0.2, -0.15) is 0 Å². The smallest absolute Gasteiger partial charge is 0.291 e. The van der Waals surface area contributed by atoms with E-state index in [1.807, 2.05) is 24.3 Å². The summed E-state index contributed by atoms with van der Waals surface area (Å²) in [5, 5.41) is 5.88. The molecule has 2 amide bonds. The third kappa shape index (κ3) is 5.32. The van der Waals surface area contributed by atoms with Gasteiger partial charge < -0.3 is 15.1 Å². The first-order valence-corrected chi connectivity index (χ1v) is 9.07. The van der Waals surface area contributed by atoms with E-state index in [9.17, 15) is 9.59 Å². The molecule has 0 aliphatic rings. The SMILES string of the molecule is O=C(Nc1ccc(Cl)cc1)/C(=C/c1cccc(Br)c1)NC(=O)c1ccco1. The monoisotopic (exact) mass is 444 g/mol. The summed E-state index contributed by atoms with van der Waals surface area (Å²) in [7, 11) is 0. The van der Waals surface area contributed by atoms with Gasteiger partial charge in [0.1, 0.15) is 5.70 Å². The van der Waals surface area contributed by atoms with Crippen LogP contribution < -0.4 is 10.6 Å². The van der Waals surface area contributed by atoms with Crippen molar-refractivity contribution in [3.05, 3.63) is 93.4 Å². The zero-order chi connectivity index (χ0) is 19.2. The van der Waals surface area contributed by atoms with Gasteiger partial charge in [0.25, 0.3) is 11.8 Å². The summed E-state index contributed by atoms with van der Waals surface area (Å²) in [4.78, 5) is 25.0. The van der Waals surface area contributed by atoms with Crippen LogP contribution in [-0.2, 0) is 4.79 Å². The third-order valence-electron chi connectivity index (χ3n) is 3.50. The van der Waals surface area contributed by atoms with Gasteiger partial charge in [-0.15, -0.1) is 0 Å². The number of halogens is 2. The second-order valence-electron chi connectivity index (χ2n) is 5.51. The summed E-state index contributed by atoms with van der Waals surface area (Å²) in [6.07, 6.45) is 2.97. The van der Waals surface area contributed by atoms with Crippen LogP contribution in [0.15, 0.2) is 81.5 Å². The van der Waals surface area contributed by atoms with Crippen molar-refractivity contribution in [2.24, 2.45) is 0 Å². The van der Waals surface area contributed by atoms with Gasteiger partial charge in [0, 0.05) is 15.2 Å². The van der Waals surface area contributed by atoms with E-state index in [0.717, 1.165) is 10.0 Å². The van der Waals surface area contributed by atoms with E-state index in [4.69, 9.17) is 16.0 Å². The first kappa shape index (κ1) is 18.9. The molecule has 0 saturated heterocycles. The van der Waals surface area contributed by atoms with Gasteiger partial charge in [0.2, 0.25) is 0 Å². The van der Waals surface area contributed by atoms with Gasteiger partial charge in [-0.3, -0.25) is 9.59 Å². The first-order chi connectivity index (χ1) is 13.0. The minimum atomic E-state index is -0.521. The molecule has 2 aromatic carbocycles. The number of carbonyl (C=O) groups is 2. The zero-order valence-corrected chi connectivity index (χ0v) is 16.3. The van der Waals surface area contributed by atoms with Crippen LogP contribution in [0.25, 0.3) is 6.08 Å². The van der Waals surface area contributed by atoms with Gasteiger partial charge in [0.15, 0.2) is 5.76 Å². The average Bonchev–Trinajstić information content (AvgIpc) is 3.18. The third-order valence-corrected chi connectivity index (χ3v) is 4.24. The lowest BCUT2D eigenvalue weighted by Gasteiger charge is -2.10. The second kappa shape index (κ2) is 8.70. The summed E-state index contributed by atoms with van der Waals surface area (Å²) in [5.74, 6) is -0.890. The van der Waals surface area contributed by atoms with Crippen LogP contribution in [-0.4, -0.2) is 11.8 Å². The second-order valence-corrected chi connectivity index (χ2v) is 6.86. The molecule has 5 nitrogen and oxygen atoms in total. The molecule has 7 heteroatoms. The van der Waals surface area contributed by atoms with Crippen molar-refractivity contribution in [2.75, 3.05) is 5.32 Å². The highest BCUT2D eigenvalue weighted by molar-refractivity contribution is 9.10. The van der Waals surface area contributed by atoms with E-state index in [1.54, 1.807) is 36.4 Å². The number of hydrogen-bond donors (Lipinski definition) is 2. The van der Waals surface area contributed by atoms with Gasteiger partial charge in [-0.25, -0.2) is 0 Å². The highest BCUT2D eigenvalue weighted by atomic mass is 79.9. The maximum atomic E-state index is 12.7. The molecule has 3 rings (SSSR count). The highest BCUT2D eigenvalue weighted by Crippen LogP contribution is 2.17. The quantitative estimate of drug-likeness (QED) is 0.536. The topological polar surface area (TPSA) is 71.3 Å². The molecule has 3 aromatic rings. The van der Waals surface area contributed by atoms with E-state index in [-0.39, 0.29) is 11.5 Å². The molecule has 2 N–H and O–H groups in total. The summed E-state index contributed by atoms with van der Waals surface area (Å²) < 4.78 is 5.94. The lowest BCUT2D eigenvalue weighted by atomic mass is 10.2. The zero-order valence-electron chi connectivity index (χ0n) is 13.9.